The molecule has 0 unspecified atom stereocenters. The van der Waals surface area contributed by atoms with E-state index in [0.29, 0.717) is 11.1 Å². The number of ether oxygens (including phenoxy) is 1. The van der Waals surface area contributed by atoms with Crippen molar-refractivity contribution in [2.75, 3.05) is 5.32 Å². The van der Waals surface area contributed by atoms with Gasteiger partial charge in [-0.1, -0.05) is 44.2 Å². The molecule has 0 saturated heterocycles. The number of carbonyl (C=O) groups excluding carboxylic acids is 2. The van der Waals surface area contributed by atoms with E-state index >= 15 is 0 Å². The first-order valence-electron chi connectivity index (χ1n) is 9.54. The Balaban J connectivity index is 1.73. The van der Waals surface area contributed by atoms with Gasteiger partial charge in [0.1, 0.15) is 5.58 Å². The summed E-state index contributed by atoms with van der Waals surface area (Å²) in [4.78, 5) is 37.1. The zero-order valence-electron chi connectivity index (χ0n) is 16.6. The molecule has 0 radical (unpaired) electrons. The van der Waals surface area contributed by atoms with Crippen LogP contribution in [0.4, 0.5) is 5.69 Å². The van der Waals surface area contributed by atoms with Crippen molar-refractivity contribution >= 4 is 28.5 Å². The molecule has 0 aliphatic heterocycles. The standard InChI is InChI=1S/C23H23NO5/c1-4-14(2)16-9-5-7-11-18(16)24-22(26)15(3)28-23(27)21-13-19(25)17-10-6-8-12-20(17)29-21/h5-15H,4H2,1-3H3,(H,24,26)/t14-,15-/m0/s1. The summed E-state index contributed by atoms with van der Waals surface area (Å²) in [5.74, 6) is -1.30. The highest BCUT2D eigenvalue weighted by atomic mass is 16.6. The van der Waals surface area contributed by atoms with Crippen LogP contribution in [0.25, 0.3) is 11.0 Å². The third-order valence-corrected chi connectivity index (χ3v) is 4.85. The minimum absolute atomic E-state index is 0.242. The summed E-state index contributed by atoms with van der Waals surface area (Å²) in [7, 11) is 0. The first-order chi connectivity index (χ1) is 13.9. The highest BCUT2D eigenvalue weighted by molar-refractivity contribution is 5.97. The molecule has 2 atom stereocenters. The Labute approximate surface area is 168 Å². The first-order valence-corrected chi connectivity index (χ1v) is 9.54. The van der Waals surface area contributed by atoms with E-state index in [1.165, 1.54) is 6.92 Å². The Morgan fingerprint density at radius 3 is 2.52 bits per heavy atom. The maximum absolute atomic E-state index is 12.5. The number of rotatable bonds is 6. The van der Waals surface area contributed by atoms with Crippen LogP contribution in [0.3, 0.4) is 0 Å². The van der Waals surface area contributed by atoms with Gasteiger partial charge < -0.3 is 14.5 Å². The Kier molecular flexibility index (Phi) is 6.12. The van der Waals surface area contributed by atoms with Crippen LogP contribution >= 0.6 is 0 Å². The fourth-order valence-corrected chi connectivity index (χ4v) is 2.97. The number of amides is 1. The van der Waals surface area contributed by atoms with Crippen molar-refractivity contribution in [2.24, 2.45) is 0 Å². The lowest BCUT2D eigenvalue weighted by molar-refractivity contribution is -0.123. The fraction of sp³-hybridized carbons (Fsp3) is 0.261. The summed E-state index contributed by atoms with van der Waals surface area (Å²) in [5, 5.41) is 3.19. The summed E-state index contributed by atoms with van der Waals surface area (Å²) in [5.41, 5.74) is 1.64. The second-order valence-electron chi connectivity index (χ2n) is 6.90. The number of esters is 1. The van der Waals surface area contributed by atoms with Crippen molar-refractivity contribution in [1.82, 2.24) is 0 Å². The topological polar surface area (TPSA) is 85.6 Å². The molecular formula is C23H23NO5. The third kappa shape index (κ3) is 4.54. The van der Waals surface area contributed by atoms with Crippen molar-refractivity contribution in [3.05, 3.63) is 76.1 Å². The molecule has 3 rings (SSSR count). The average molecular weight is 393 g/mol. The highest BCUT2D eigenvalue weighted by Crippen LogP contribution is 2.26. The lowest BCUT2D eigenvalue weighted by Gasteiger charge is -2.18. The van der Waals surface area contributed by atoms with E-state index in [2.05, 4.69) is 19.2 Å². The minimum atomic E-state index is -1.07. The molecule has 0 saturated carbocycles. The average Bonchev–Trinajstić information content (AvgIpc) is 2.73. The van der Waals surface area contributed by atoms with Gasteiger partial charge in [0.2, 0.25) is 5.76 Å². The van der Waals surface area contributed by atoms with Crippen molar-refractivity contribution < 1.29 is 18.7 Å². The second kappa shape index (κ2) is 8.73. The fourth-order valence-electron chi connectivity index (χ4n) is 2.97. The predicted molar refractivity (Wildman–Crippen MR) is 111 cm³/mol. The highest BCUT2D eigenvalue weighted by Gasteiger charge is 2.22. The van der Waals surface area contributed by atoms with Gasteiger partial charge in [-0.25, -0.2) is 4.79 Å². The normalized spacial score (nSPS) is 12.9. The molecule has 0 aliphatic carbocycles. The van der Waals surface area contributed by atoms with Gasteiger partial charge in [-0.2, -0.15) is 0 Å². The smallest absolute Gasteiger partial charge is 0.375 e. The van der Waals surface area contributed by atoms with E-state index in [0.717, 1.165) is 18.1 Å². The summed E-state index contributed by atoms with van der Waals surface area (Å²) < 4.78 is 10.7. The summed E-state index contributed by atoms with van der Waals surface area (Å²) in [6.07, 6.45) is -0.137. The molecule has 2 aromatic carbocycles. The van der Waals surface area contributed by atoms with Crippen LogP contribution in [0, 0.1) is 0 Å². The molecule has 1 N–H and O–H groups in total. The summed E-state index contributed by atoms with van der Waals surface area (Å²) >= 11 is 0. The van der Waals surface area contributed by atoms with Crippen molar-refractivity contribution in [3.63, 3.8) is 0 Å². The minimum Gasteiger partial charge on any atom is -0.449 e. The number of nitrogens with one attached hydrogen (secondary N) is 1. The van der Waals surface area contributed by atoms with Gasteiger partial charge in [-0.3, -0.25) is 9.59 Å². The van der Waals surface area contributed by atoms with Gasteiger partial charge in [-0.05, 0) is 43.0 Å². The molecule has 3 aromatic rings. The Morgan fingerprint density at radius 2 is 1.76 bits per heavy atom. The number of hydrogen-bond acceptors (Lipinski definition) is 5. The maximum atomic E-state index is 12.5. The number of fused-ring (bicyclic) bond motifs is 1. The van der Waals surface area contributed by atoms with E-state index in [1.807, 2.05) is 24.3 Å². The molecule has 0 bridgehead atoms. The number of anilines is 1. The zero-order chi connectivity index (χ0) is 21.0. The lowest BCUT2D eigenvalue weighted by atomic mass is 9.97. The summed E-state index contributed by atoms with van der Waals surface area (Å²) in [6, 6.07) is 15.2. The van der Waals surface area contributed by atoms with Crippen molar-refractivity contribution in [1.29, 1.82) is 0 Å². The summed E-state index contributed by atoms with van der Waals surface area (Å²) in [6.45, 7) is 5.62. The van der Waals surface area contributed by atoms with Crippen LogP contribution in [0.15, 0.2) is 63.8 Å². The molecule has 6 nitrogen and oxygen atoms in total. The predicted octanol–water partition coefficient (Wildman–Crippen LogP) is 4.49. The van der Waals surface area contributed by atoms with Gasteiger partial charge >= 0.3 is 5.97 Å². The molecule has 0 spiro atoms. The van der Waals surface area contributed by atoms with Crippen LogP contribution in [0.1, 0.15) is 49.2 Å². The molecule has 150 valence electrons. The van der Waals surface area contributed by atoms with Crippen molar-refractivity contribution in [2.45, 2.75) is 39.2 Å². The van der Waals surface area contributed by atoms with Crippen LogP contribution in [0.5, 0.6) is 0 Å². The SMILES string of the molecule is CC[C@H](C)c1ccccc1NC(=O)[C@H](C)OC(=O)c1cc(=O)c2ccccc2o1. The van der Waals surface area contributed by atoms with Gasteiger partial charge in [0.05, 0.1) is 5.39 Å². The maximum Gasteiger partial charge on any atom is 0.375 e. The van der Waals surface area contributed by atoms with E-state index in [1.54, 1.807) is 24.3 Å². The zero-order valence-corrected chi connectivity index (χ0v) is 16.6. The molecule has 6 heteroatoms. The Hall–Kier alpha value is -3.41. The van der Waals surface area contributed by atoms with Crippen LogP contribution < -0.4 is 10.7 Å². The van der Waals surface area contributed by atoms with Gasteiger partial charge in [0.25, 0.3) is 5.91 Å². The first kappa shape index (κ1) is 20.3. The van der Waals surface area contributed by atoms with Crippen LogP contribution in [0.2, 0.25) is 0 Å². The molecule has 1 amide bonds. The van der Waals surface area contributed by atoms with E-state index in [4.69, 9.17) is 9.15 Å². The van der Waals surface area contributed by atoms with E-state index in [-0.39, 0.29) is 22.7 Å². The lowest BCUT2D eigenvalue weighted by Crippen LogP contribution is -2.30. The van der Waals surface area contributed by atoms with Gasteiger partial charge in [0, 0.05) is 11.8 Å². The Bertz CT molecular complexity index is 1100. The second-order valence-corrected chi connectivity index (χ2v) is 6.90. The Morgan fingerprint density at radius 1 is 1.07 bits per heavy atom. The monoisotopic (exact) mass is 393 g/mol. The van der Waals surface area contributed by atoms with Gasteiger partial charge in [-0.15, -0.1) is 0 Å². The van der Waals surface area contributed by atoms with E-state index < -0.39 is 18.0 Å². The third-order valence-electron chi connectivity index (χ3n) is 4.85. The quantitative estimate of drug-likeness (QED) is 0.624. The molecule has 1 heterocycles. The number of carbonyl (C=O) groups is 2. The number of hydrogen-bond donors (Lipinski definition) is 1. The number of benzene rings is 2. The van der Waals surface area contributed by atoms with E-state index in [9.17, 15) is 14.4 Å². The number of para-hydroxylation sites is 2. The molecule has 1 aromatic heterocycles. The van der Waals surface area contributed by atoms with Crippen molar-refractivity contribution in [3.8, 4) is 0 Å². The molecule has 0 aliphatic rings. The van der Waals surface area contributed by atoms with Crippen LogP contribution in [-0.2, 0) is 9.53 Å². The van der Waals surface area contributed by atoms with Crippen LogP contribution in [-0.4, -0.2) is 18.0 Å². The molecule has 0 fully saturated rings. The largest absolute Gasteiger partial charge is 0.449 e. The van der Waals surface area contributed by atoms with Gasteiger partial charge in [0.15, 0.2) is 11.5 Å². The molecule has 29 heavy (non-hydrogen) atoms. The molecular weight excluding hydrogens is 370 g/mol.